The first kappa shape index (κ1) is 28.8. The fraction of sp³-hybridized carbons (Fsp3) is 0.394. The second kappa shape index (κ2) is 12.4. The third-order valence-electron chi connectivity index (χ3n) is 8.46. The number of hydrogen-bond acceptors (Lipinski definition) is 4. The first-order valence-electron chi connectivity index (χ1n) is 14.0. The number of hydrogen-bond donors (Lipinski definition) is 1. The van der Waals surface area contributed by atoms with Gasteiger partial charge in [-0.05, 0) is 73.2 Å². The van der Waals surface area contributed by atoms with Crippen molar-refractivity contribution in [2.45, 2.75) is 63.7 Å². The highest BCUT2D eigenvalue weighted by atomic mass is 35.5. The second-order valence-electron chi connectivity index (χ2n) is 11.2. The molecule has 1 amide bonds. The van der Waals surface area contributed by atoms with Crippen molar-refractivity contribution in [2.75, 3.05) is 19.6 Å². The number of fused-ring (bicyclic) bond motifs is 4. The van der Waals surface area contributed by atoms with E-state index < -0.39 is 0 Å². The molecule has 210 valence electrons. The molecule has 0 aromatic heterocycles. The van der Waals surface area contributed by atoms with Gasteiger partial charge in [-0.3, -0.25) is 9.59 Å². The van der Waals surface area contributed by atoms with E-state index in [0.29, 0.717) is 38.5 Å². The maximum Gasteiger partial charge on any atom is 0.230 e. The second-order valence-corrected chi connectivity index (χ2v) is 12.0. The molecule has 3 aliphatic rings. The molecule has 3 aromatic rings. The number of nitrogens with one attached hydrogen (secondary N) is 1. The Bertz CT molecular complexity index is 1380. The van der Waals surface area contributed by atoms with Gasteiger partial charge < -0.3 is 15.0 Å². The zero-order chi connectivity index (χ0) is 28.3. The number of Topliss-reactive ketones (excluding diaryl/α,β-unsaturated/α-hetero) is 1. The number of carbonyl (C=O) groups excluding carboxylic acids is 2. The minimum absolute atomic E-state index is 0.0110. The van der Waals surface area contributed by atoms with Crippen LogP contribution in [0, 0.1) is 0 Å². The molecule has 1 fully saturated rings. The molecule has 1 N–H and O–H groups in total. The number of amides is 1. The standard InChI is InChI=1S/C20H20ClNO2.C13H16ClNO/c1-14(23)10-11-22(13-15-6-3-2-4-7-15)20(24)18-12-17-16(18)8-5-9-19(17)21;1-13-5-6-15-7-11(13)9-3-2-4-12(14)10(9)8-16-13/h2-9,18H,10-13H2,1H3;2-4,11,15H,5-8H2,1H3. The molecule has 0 saturated carbocycles. The number of carbonyl (C=O) groups is 2. The molecular weight excluding hydrogens is 543 g/mol. The monoisotopic (exact) mass is 578 g/mol. The Morgan fingerprint density at radius 3 is 2.40 bits per heavy atom. The van der Waals surface area contributed by atoms with Gasteiger partial charge in [0.2, 0.25) is 5.91 Å². The Hall–Kier alpha value is -2.70. The normalized spacial score (nSPS) is 22.4. The van der Waals surface area contributed by atoms with Crippen LogP contribution < -0.4 is 5.32 Å². The molecular formula is C33H36Cl2N2O3. The third-order valence-corrected chi connectivity index (χ3v) is 9.17. The van der Waals surface area contributed by atoms with Gasteiger partial charge in [0, 0.05) is 42.0 Å². The van der Waals surface area contributed by atoms with E-state index in [0.717, 1.165) is 46.2 Å². The van der Waals surface area contributed by atoms with Crippen LogP contribution >= 0.6 is 23.2 Å². The molecule has 0 radical (unpaired) electrons. The third kappa shape index (κ3) is 6.13. The van der Waals surface area contributed by atoms with Gasteiger partial charge in [-0.15, -0.1) is 0 Å². The van der Waals surface area contributed by atoms with Gasteiger partial charge in [-0.2, -0.15) is 0 Å². The van der Waals surface area contributed by atoms with E-state index in [1.54, 1.807) is 11.8 Å². The van der Waals surface area contributed by atoms with Crippen molar-refractivity contribution in [3.63, 3.8) is 0 Å². The van der Waals surface area contributed by atoms with Crippen molar-refractivity contribution in [1.29, 1.82) is 0 Å². The van der Waals surface area contributed by atoms with Crippen molar-refractivity contribution in [3.05, 3.63) is 105 Å². The summed E-state index contributed by atoms with van der Waals surface area (Å²) in [6.07, 6.45) is 2.14. The van der Waals surface area contributed by atoms with Crippen LogP contribution in [0.2, 0.25) is 10.0 Å². The number of benzene rings is 3. The van der Waals surface area contributed by atoms with Gasteiger partial charge in [0.05, 0.1) is 18.1 Å². The number of ketones is 1. The highest BCUT2D eigenvalue weighted by Gasteiger charge is 2.42. The van der Waals surface area contributed by atoms with Crippen molar-refractivity contribution in [3.8, 4) is 0 Å². The van der Waals surface area contributed by atoms with E-state index >= 15 is 0 Å². The van der Waals surface area contributed by atoms with Crippen LogP contribution in [0.5, 0.6) is 0 Å². The summed E-state index contributed by atoms with van der Waals surface area (Å²) >= 11 is 12.4. The number of ether oxygens (including phenoxy) is 1. The molecule has 5 nitrogen and oxygen atoms in total. The largest absolute Gasteiger partial charge is 0.370 e. The van der Waals surface area contributed by atoms with Gasteiger partial charge in [0.25, 0.3) is 0 Å². The minimum atomic E-state index is -0.144. The van der Waals surface area contributed by atoms with Crippen LogP contribution in [0.4, 0.5) is 0 Å². The topological polar surface area (TPSA) is 58.6 Å². The van der Waals surface area contributed by atoms with E-state index in [2.05, 4.69) is 18.3 Å². The Balaban J connectivity index is 0.000000174. The lowest BCUT2D eigenvalue weighted by molar-refractivity contribution is -0.134. The molecule has 2 aliphatic heterocycles. The zero-order valence-electron chi connectivity index (χ0n) is 23.1. The Kier molecular flexibility index (Phi) is 8.96. The molecule has 3 aromatic carbocycles. The highest BCUT2D eigenvalue weighted by molar-refractivity contribution is 6.32. The minimum Gasteiger partial charge on any atom is -0.370 e. The highest BCUT2D eigenvalue weighted by Crippen LogP contribution is 2.44. The van der Waals surface area contributed by atoms with Crippen LogP contribution in [-0.2, 0) is 33.9 Å². The number of piperidine rings is 1. The average molecular weight is 580 g/mol. The van der Waals surface area contributed by atoms with Crippen LogP contribution in [0.3, 0.4) is 0 Å². The lowest BCUT2D eigenvalue weighted by Gasteiger charge is -2.46. The van der Waals surface area contributed by atoms with Crippen molar-refractivity contribution in [1.82, 2.24) is 10.2 Å². The maximum absolute atomic E-state index is 13.0. The molecule has 0 spiro atoms. The zero-order valence-corrected chi connectivity index (χ0v) is 24.6. The van der Waals surface area contributed by atoms with E-state index in [1.807, 2.05) is 60.7 Å². The Morgan fingerprint density at radius 2 is 1.68 bits per heavy atom. The molecule has 1 saturated heterocycles. The van der Waals surface area contributed by atoms with Crippen LogP contribution in [-0.4, -0.2) is 41.8 Å². The van der Waals surface area contributed by atoms with Crippen LogP contribution in [0.1, 0.15) is 66.3 Å². The van der Waals surface area contributed by atoms with Crippen molar-refractivity contribution >= 4 is 34.9 Å². The van der Waals surface area contributed by atoms with E-state index in [4.69, 9.17) is 27.9 Å². The lowest BCUT2D eigenvalue weighted by Crippen LogP contribution is -2.50. The predicted octanol–water partition coefficient (Wildman–Crippen LogP) is 6.69. The Morgan fingerprint density at radius 1 is 0.975 bits per heavy atom. The van der Waals surface area contributed by atoms with E-state index in [9.17, 15) is 9.59 Å². The van der Waals surface area contributed by atoms with Gasteiger partial charge in [0.1, 0.15) is 5.78 Å². The molecule has 0 bridgehead atoms. The quantitative estimate of drug-likeness (QED) is 0.354. The molecule has 3 atom stereocenters. The smallest absolute Gasteiger partial charge is 0.230 e. The lowest BCUT2D eigenvalue weighted by atomic mass is 9.75. The predicted molar refractivity (Wildman–Crippen MR) is 160 cm³/mol. The van der Waals surface area contributed by atoms with Crippen molar-refractivity contribution < 1.29 is 14.3 Å². The summed E-state index contributed by atoms with van der Waals surface area (Å²) in [6.45, 7) is 7.45. The molecule has 3 unspecified atom stereocenters. The summed E-state index contributed by atoms with van der Waals surface area (Å²) in [5.74, 6) is 0.464. The van der Waals surface area contributed by atoms with Crippen molar-refractivity contribution in [2.24, 2.45) is 0 Å². The fourth-order valence-electron chi connectivity index (χ4n) is 5.98. The van der Waals surface area contributed by atoms with Gasteiger partial charge in [-0.1, -0.05) is 77.8 Å². The van der Waals surface area contributed by atoms with Gasteiger partial charge in [0.15, 0.2) is 0 Å². The summed E-state index contributed by atoms with van der Waals surface area (Å²) in [6, 6.07) is 21.8. The van der Waals surface area contributed by atoms with Gasteiger partial charge >= 0.3 is 0 Å². The molecule has 6 rings (SSSR count). The molecule has 7 heteroatoms. The fourth-order valence-corrected chi connectivity index (χ4v) is 6.48. The SMILES string of the molecule is CC(=O)CCN(Cc1ccccc1)C(=O)C1Cc2c(Cl)cccc21.CC12CCNCC1c1cccc(Cl)c1CO2. The summed E-state index contributed by atoms with van der Waals surface area (Å²) in [5.41, 5.74) is 5.70. The van der Waals surface area contributed by atoms with E-state index in [1.165, 1.54) is 11.1 Å². The summed E-state index contributed by atoms with van der Waals surface area (Å²) in [7, 11) is 0. The average Bonchev–Trinajstić information content (AvgIpc) is 2.93. The molecule has 2 heterocycles. The first-order valence-corrected chi connectivity index (χ1v) is 14.7. The first-order chi connectivity index (χ1) is 19.3. The number of nitrogens with zero attached hydrogens (tertiary/aromatic N) is 1. The number of halogens is 2. The summed E-state index contributed by atoms with van der Waals surface area (Å²) in [4.78, 5) is 26.1. The number of rotatable bonds is 6. The van der Waals surface area contributed by atoms with Crippen LogP contribution in [0.25, 0.3) is 0 Å². The molecule has 1 aliphatic carbocycles. The van der Waals surface area contributed by atoms with E-state index in [-0.39, 0.29) is 23.2 Å². The summed E-state index contributed by atoms with van der Waals surface area (Å²) < 4.78 is 6.05. The maximum atomic E-state index is 13.0. The van der Waals surface area contributed by atoms with Gasteiger partial charge in [-0.25, -0.2) is 0 Å². The molecule has 40 heavy (non-hydrogen) atoms. The Labute approximate surface area is 246 Å². The van der Waals surface area contributed by atoms with Crippen LogP contribution in [0.15, 0.2) is 66.7 Å². The summed E-state index contributed by atoms with van der Waals surface area (Å²) in [5, 5.41) is 5.02.